The normalized spacial score (nSPS) is 26.9. The Hall–Kier alpha value is -0.570. The van der Waals surface area contributed by atoms with Gasteiger partial charge in [0.15, 0.2) is 0 Å². The first kappa shape index (κ1) is 12.5. The fourth-order valence-electron chi connectivity index (χ4n) is 2.59. The summed E-state index contributed by atoms with van der Waals surface area (Å²) in [6, 6.07) is 0.429. The fraction of sp³-hybridized carbons (Fsp3) is 0.917. The Bertz CT molecular complexity index is 204. The largest absolute Gasteiger partial charge is 0.480 e. The summed E-state index contributed by atoms with van der Waals surface area (Å²) in [5.74, 6) is 0.805. The van der Waals surface area contributed by atoms with Crippen molar-refractivity contribution in [2.75, 3.05) is 6.54 Å². The SMILES string of the molecule is CC(C)CC1CCCC(NCC(=O)O)C1. The number of carboxylic acid groups (broad SMARTS) is 1. The van der Waals surface area contributed by atoms with Crippen LogP contribution in [0.15, 0.2) is 0 Å². The molecule has 0 spiro atoms. The first-order valence-electron chi connectivity index (χ1n) is 6.03. The second-order valence-electron chi connectivity index (χ2n) is 5.13. The lowest BCUT2D eigenvalue weighted by Gasteiger charge is -2.30. The number of carboxylic acids is 1. The van der Waals surface area contributed by atoms with Crippen LogP contribution in [0.25, 0.3) is 0 Å². The lowest BCUT2D eigenvalue weighted by Crippen LogP contribution is -2.37. The van der Waals surface area contributed by atoms with E-state index in [1.54, 1.807) is 0 Å². The summed E-state index contributed by atoms with van der Waals surface area (Å²) in [6.45, 7) is 4.63. The van der Waals surface area contributed by atoms with Crippen molar-refractivity contribution in [1.82, 2.24) is 5.32 Å². The van der Waals surface area contributed by atoms with Crippen molar-refractivity contribution < 1.29 is 9.90 Å². The van der Waals surface area contributed by atoms with E-state index in [0.717, 1.165) is 24.7 Å². The maximum atomic E-state index is 10.4. The molecule has 0 bridgehead atoms. The summed E-state index contributed by atoms with van der Waals surface area (Å²) in [4.78, 5) is 10.4. The molecule has 3 heteroatoms. The van der Waals surface area contributed by atoms with E-state index in [1.807, 2.05) is 0 Å². The van der Waals surface area contributed by atoms with Crippen molar-refractivity contribution >= 4 is 5.97 Å². The monoisotopic (exact) mass is 213 g/mol. The molecule has 1 saturated carbocycles. The average Bonchev–Trinajstić information content (AvgIpc) is 2.14. The highest BCUT2D eigenvalue weighted by atomic mass is 16.4. The standard InChI is InChI=1S/C12H23NO2/c1-9(2)6-10-4-3-5-11(7-10)13-8-12(14)15/h9-11,13H,3-8H2,1-2H3,(H,14,15). The Kier molecular flexibility index (Phi) is 5.09. The molecule has 0 amide bonds. The van der Waals surface area contributed by atoms with E-state index in [1.165, 1.54) is 19.3 Å². The fourth-order valence-corrected chi connectivity index (χ4v) is 2.59. The van der Waals surface area contributed by atoms with Gasteiger partial charge in [-0.15, -0.1) is 0 Å². The quantitative estimate of drug-likeness (QED) is 0.736. The van der Waals surface area contributed by atoms with Gasteiger partial charge in [0.05, 0.1) is 6.54 Å². The Labute approximate surface area is 92.3 Å². The molecule has 1 rings (SSSR count). The molecule has 1 aliphatic carbocycles. The zero-order valence-corrected chi connectivity index (χ0v) is 9.83. The third-order valence-corrected chi connectivity index (χ3v) is 3.13. The highest BCUT2D eigenvalue weighted by Gasteiger charge is 2.22. The second kappa shape index (κ2) is 6.11. The van der Waals surface area contributed by atoms with Gasteiger partial charge in [0.2, 0.25) is 0 Å². The molecule has 2 N–H and O–H groups in total. The molecule has 88 valence electrons. The summed E-state index contributed by atoms with van der Waals surface area (Å²) in [5.41, 5.74) is 0. The van der Waals surface area contributed by atoms with Gasteiger partial charge in [-0.25, -0.2) is 0 Å². The van der Waals surface area contributed by atoms with Gasteiger partial charge >= 0.3 is 5.97 Å². The minimum Gasteiger partial charge on any atom is -0.480 e. The maximum absolute atomic E-state index is 10.4. The smallest absolute Gasteiger partial charge is 0.317 e. The molecule has 0 radical (unpaired) electrons. The number of hydrogen-bond donors (Lipinski definition) is 2. The molecular weight excluding hydrogens is 190 g/mol. The van der Waals surface area contributed by atoms with Crippen molar-refractivity contribution in [3.05, 3.63) is 0 Å². The maximum Gasteiger partial charge on any atom is 0.317 e. The van der Waals surface area contributed by atoms with Gasteiger partial charge < -0.3 is 10.4 Å². The lowest BCUT2D eigenvalue weighted by atomic mass is 9.81. The van der Waals surface area contributed by atoms with Crippen molar-refractivity contribution in [2.24, 2.45) is 11.8 Å². The molecule has 1 fully saturated rings. The van der Waals surface area contributed by atoms with E-state index in [4.69, 9.17) is 5.11 Å². The molecule has 0 saturated heterocycles. The summed E-state index contributed by atoms with van der Waals surface area (Å²) in [7, 11) is 0. The van der Waals surface area contributed by atoms with Gasteiger partial charge in [-0.05, 0) is 31.1 Å². The van der Waals surface area contributed by atoms with Crippen LogP contribution in [0.4, 0.5) is 0 Å². The molecular formula is C12H23NO2. The third-order valence-electron chi connectivity index (χ3n) is 3.13. The molecule has 0 aliphatic heterocycles. The van der Waals surface area contributed by atoms with Crippen LogP contribution in [0, 0.1) is 11.8 Å². The van der Waals surface area contributed by atoms with Crippen molar-refractivity contribution in [3.8, 4) is 0 Å². The topological polar surface area (TPSA) is 49.3 Å². The first-order chi connectivity index (χ1) is 7.08. The van der Waals surface area contributed by atoms with Crippen LogP contribution in [-0.4, -0.2) is 23.7 Å². The highest BCUT2D eigenvalue weighted by Crippen LogP contribution is 2.29. The lowest BCUT2D eigenvalue weighted by molar-refractivity contribution is -0.136. The predicted octanol–water partition coefficient (Wildman–Crippen LogP) is 2.27. The number of carbonyl (C=O) groups is 1. The van der Waals surface area contributed by atoms with Gasteiger partial charge in [0.25, 0.3) is 0 Å². The van der Waals surface area contributed by atoms with Crippen LogP contribution >= 0.6 is 0 Å². The number of nitrogens with one attached hydrogen (secondary N) is 1. The Morgan fingerprint density at radius 2 is 2.20 bits per heavy atom. The Morgan fingerprint density at radius 3 is 2.80 bits per heavy atom. The van der Waals surface area contributed by atoms with E-state index >= 15 is 0 Å². The van der Waals surface area contributed by atoms with Gasteiger partial charge in [0.1, 0.15) is 0 Å². The van der Waals surface area contributed by atoms with Crippen molar-refractivity contribution in [1.29, 1.82) is 0 Å². The summed E-state index contributed by atoms with van der Waals surface area (Å²) < 4.78 is 0. The van der Waals surface area contributed by atoms with Crippen LogP contribution in [0.1, 0.15) is 46.0 Å². The van der Waals surface area contributed by atoms with Gasteiger partial charge in [0, 0.05) is 6.04 Å². The third kappa shape index (κ3) is 5.17. The summed E-state index contributed by atoms with van der Waals surface area (Å²) >= 11 is 0. The molecule has 0 aromatic heterocycles. The molecule has 0 heterocycles. The molecule has 3 nitrogen and oxygen atoms in total. The van der Waals surface area contributed by atoms with Crippen LogP contribution in [-0.2, 0) is 4.79 Å². The average molecular weight is 213 g/mol. The van der Waals surface area contributed by atoms with Crippen molar-refractivity contribution in [2.45, 2.75) is 52.0 Å². The number of aliphatic carboxylic acids is 1. The number of hydrogen-bond acceptors (Lipinski definition) is 2. The molecule has 1 aliphatic rings. The van der Waals surface area contributed by atoms with E-state index < -0.39 is 5.97 Å². The second-order valence-corrected chi connectivity index (χ2v) is 5.13. The summed E-state index contributed by atoms with van der Waals surface area (Å²) in [5, 5.41) is 11.7. The van der Waals surface area contributed by atoms with E-state index in [0.29, 0.717) is 6.04 Å². The van der Waals surface area contributed by atoms with E-state index in [2.05, 4.69) is 19.2 Å². The molecule has 0 aromatic rings. The minimum atomic E-state index is -0.749. The van der Waals surface area contributed by atoms with Crippen LogP contribution in [0.3, 0.4) is 0 Å². The minimum absolute atomic E-state index is 0.110. The van der Waals surface area contributed by atoms with Gasteiger partial charge in [-0.1, -0.05) is 26.7 Å². The zero-order chi connectivity index (χ0) is 11.3. The Morgan fingerprint density at radius 1 is 1.47 bits per heavy atom. The predicted molar refractivity (Wildman–Crippen MR) is 60.8 cm³/mol. The van der Waals surface area contributed by atoms with E-state index in [9.17, 15) is 4.79 Å². The van der Waals surface area contributed by atoms with Gasteiger partial charge in [-0.2, -0.15) is 0 Å². The molecule has 2 atom stereocenters. The van der Waals surface area contributed by atoms with Crippen LogP contribution < -0.4 is 5.32 Å². The van der Waals surface area contributed by atoms with E-state index in [-0.39, 0.29) is 6.54 Å². The van der Waals surface area contributed by atoms with Crippen LogP contribution in [0.5, 0.6) is 0 Å². The Balaban J connectivity index is 2.25. The highest BCUT2D eigenvalue weighted by molar-refractivity contribution is 5.69. The number of rotatable bonds is 5. The zero-order valence-electron chi connectivity index (χ0n) is 9.83. The first-order valence-corrected chi connectivity index (χ1v) is 6.03. The molecule has 2 unspecified atom stereocenters. The molecule has 0 aromatic carbocycles. The van der Waals surface area contributed by atoms with Crippen LogP contribution in [0.2, 0.25) is 0 Å². The molecule has 15 heavy (non-hydrogen) atoms. The van der Waals surface area contributed by atoms with Gasteiger partial charge in [-0.3, -0.25) is 4.79 Å². The van der Waals surface area contributed by atoms with Crippen molar-refractivity contribution in [3.63, 3.8) is 0 Å². The summed E-state index contributed by atoms with van der Waals surface area (Å²) in [6.07, 6.45) is 6.15.